The number of rotatable bonds is 2. The minimum atomic E-state index is -1.11. The van der Waals surface area contributed by atoms with Gasteiger partial charge in [-0.15, -0.1) is 0 Å². The normalized spacial score (nSPS) is 17.5. The zero-order valence-electron chi connectivity index (χ0n) is 15.5. The van der Waals surface area contributed by atoms with E-state index >= 15 is 0 Å². The number of carbonyl (C=O) groups excluding carboxylic acids is 1. The number of urea groups is 1. The summed E-state index contributed by atoms with van der Waals surface area (Å²) in [6.45, 7) is 1.78. The van der Waals surface area contributed by atoms with Crippen LogP contribution in [-0.4, -0.2) is 10.9 Å². The van der Waals surface area contributed by atoms with Crippen LogP contribution in [0.15, 0.2) is 91.1 Å². The summed E-state index contributed by atoms with van der Waals surface area (Å²) in [5, 5.41) is 10.0. The highest BCUT2D eigenvalue weighted by molar-refractivity contribution is 6.01. The summed E-state index contributed by atoms with van der Waals surface area (Å²) in [5.74, 6) is 0. The molecule has 3 aromatic rings. The Morgan fingerprint density at radius 1 is 0.893 bits per heavy atom. The maximum Gasteiger partial charge on any atom is 0.334 e. The van der Waals surface area contributed by atoms with E-state index in [1.165, 1.54) is 4.90 Å². The molecule has 4 nitrogen and oxygen atoms in total. The molecule has 1 unspecified atom stereocenters. The third kappa shape index (κ3) is 2.83. The van der Waals surface area contributed by atoms with Gasteiger partial charge < -0.3 is 0 Å². The largest absolute Gasteiger partial charge is 0.334 e. The first-order valence-electron chi connectivity index (χ1n) is 9.07. The van der Waals surface area contributed by atoms with Gasteiger partial charge in [-0.1, -0.05) is 60.7 Å². The predicted octanol–water partition coefficient (Wildman–Crippen LogP) is 5.67. The van der Waals surface area contributed by atoms with Crippen LogP contribution in [0.4, 0.5) is 16.2 Å². The predicted molar refractivity (Wildman–Crippen MR) is 111 cm³/mol. The summed E-state index contributed by atoms with van der Waals surface area (Å²) in [7, 11) is 0. The minimum absolute atomic E-state index is 0.285. The van der Waals surface area contributed by atoms with E-state index in [2.05, 4.69) is 6.07 Å². The Morgan fingerprint density at radius 3 is 2.00 bits per heavy atom. The summed E-state index contributed by atoms with van der Waals surface area (Å²) in [5.41, 5.74) is 2.14. The van der Waals surface area contributed by atoms with E-state index in [1.807, 2.05) is 91.0 Å². The van der Waals surface area contributed by atoms with Crippen LogP contribution in [0.2, 0.25) is 0 Å². The molecule has 0 fully saturated rings. The molecular weight excluding hydrogens is 346 g/mol. The van der Waals surface area contributed by atoms with Gasteiger partial charge in [-0.25, -0.2) is 4.79 Å². The average Bonchev–Trinajstić information content (AvgIpc) is 2.76. The molecule has 0 aliphatic carbocycles. The molecule has 1 aliphatic rings. The van der Waals surface area contributed by atoms with E-state index in [9.17, 15) is 10.1 Å². The Morgan fingerprint density at radius 2 is 1.43 bits per heavy atom. The van der Waals surface area contributed by atoms with Gasteiger partial charge in [0.05, 0.1) is 17.4 Å². The maximum absolute atomic E-state index is 13.7. The zero-order valence-corrected chi connectivity index (χ0v) is 15.5. The number of nitrogens with zero attached hydrogens (tertiary/aromatic N) is 3. The van der Waals surface area contributed by atoms with E-state index in [1.54, 1.807) is 18.0 Å². The first-order chi connectivity index (χ1) is 13.6. The van der Waals surface area contributed by atoms with E-state index in [4.69, 9.17) is 0 Å². The lowest BCUT2D eigenvalue weighted by atomic mass is 9.85. The van der Waals surface area contributed by atoms with Crippen molar-refractivity contribution >= 4 is 23.5 Å². The molecule has 0 saturated heterocycles. The Balaban J connectivity index is 1.83. The van der Waals surface area contributed by atoms with Crippen LogP contribution >= 0.6 is 0 Å². The molecule has 0 radical (unpaired) electrons. The fourth-order valence-corrected chi connectivity index (χ4v) is 3.52. The van der Waals surface area contributed by atoms with Gasteiger partial charge in [-0.05, 0) is 48.4 Å². The van der Waals surface area contributed by atoms with Crippen LogP contribution in [0.25, 0.3) is 6.08 Å². The van der Waals surface area contributed by atoms with E-state index in [0.717, 1.165) is 22.5 Å². The lowest BCUT2D eigenvalue weighted by Crippen LogP contribution is -2.49. The van der Waals surface area contributed by atoms with Crippen molar-refractivity contribution in [1.82, 2.24) is 4.90 Å². The molecule has 1 aliphatic heterocycles. The van der Waals surface area contributed by atoms with Crippen LogP contribution in [0, 0.1) is 11.3 Å². The number of carbonyl (C=O) groups is 1. The average molecular weight is 365 g/mol. The smallest absolute Gasteiger partial charge is 0.277 e. The number of benzene rings is 3. The highest BCUT2D eigenvalue weighted by atomic mass is 16.2. The van der Waals surface area contributed by atoms with Gasteiger partial charge in [-0.3, -0.25) is 9.80 Å². The summed E-state index contributed by atoms with van der Waals surface area (Å²) in [6, 6.07) is 28.7. The lowest BCUT2D eigenvalue weighted by Gasteiger charge is -2.40. The molecule has 0 saturated carbocycles. The first-order valence-corrected chi connectivity index (χ1v) is 9.07. The molecule has 28 heavy (non-hydrogen) atoms. The number of anilines is 2. The van der Waals surface area contributed by atoms with Crippen molar-refractivity contribution in [2.75, 3.05) is 4.90 Å². The highest BCUT2D eigenvalue weighted by Gasteiger charge is 2.42. The molecule has 0 spiro atoms. The quantitative estimate of drug-likeness (QED) is 0.587. The van der Waals surface area contributed by atoms with Crippen molar-refractivity contribution in [2.45, 2.75) is 12.5 Å². The van der Waals surface area contributed by atoms with Gasteiger partial charge in [0.1, 0.15) is 0 Å². The number of nitriles is 1. The van der Waals surface area contributed by atoms with E-state index in [0.29, 0.717) is 0 Å². The maximum atomic E-state index is 13.7. The van der Waals surface area contributed by atoms with Gasteiger partial charge >= 0.3 is 6.03 Å². The fourth-order valence-electron chi connectivity index (χ4n) is 3.52. The monoisotopic (exact) mass is 365 g/mol. The highest BCUT2D eigenvalue weighted by Crippen LogP contribution is 2.38. The summed E-state index contributed by atoms with van der Waals surface area (Å²) < 4.78 is 0. The molecule has 136 valence electrons. The summed E-state index contributed by atoms with van der Waals surface area (Å²) in [4.78, 5) is 16.9. The van der Waals surface area contributed by atoms with Crippen molar-refractivity contribution in [1.29, 1.82) is 5.26 Å². The van der Waals surface area contributed by atoms with Crippen molar-refractivity contribution in [3.8, 4) is 6.07 Å². The Bertz CT molecular complexity index is 1030. The van der Waals surface area contributed by atoms with Gasteiger partial charge in [0.15, 0.2) is 5.54 Å². The lowest BCUT2D eigenvalue weighted by molar-refractivity contribution is 0.194. The number of hydrogen-bond donors (Lipinski definition) is 0. The molecule has 2 amide bonds. The minimum Gasteiger partial charge on any atom is -0.277 e. The molecular formula is C24H19N3O. The molecule has 0 bridgehead atoms. The van der Waals surface area contributed by atoms with Crippen LogP contribution in [0.1, 0.15) is 18.1 Å². The number of hydrogen-bond acceptors (Lipinski definition) is 2. The van der Waals surface area contributed by atoms with Gasteiger partial charge in [-0.2, -0.15) is 5.26 Å². The first kappa shape index (κ1) is 17.6. The Labute approximate surface area is 164 Å². The summed E-state index contributed by atoms with van der Waals surface area (Å²) >= 11 is 0. The molecule has 0 aromatic heterocycles. The standard InChI is InChI=1S/C24H19N3O/c1-24(18-25)22-15-9-8-10-19(22)16-17-26(24)23(28)27(20-11-4-2-5-12-20)21-13-6-3-7-14-21/h2-17H,1H3. The van der Waals surface area contributed by atoms with Crippen molar-refractivity contribution in [2.24, 2.45) is 0 Å². The Kier molecular flexibility index (Phi) is 4.42. The fraction of sp³-hybridized carbons (Fsp3) is 0.0833. The molecule has 0 N–H and O–H groups in total. The molecule has 4 heteroatoms. The number of para-hydroxylation sites is 2. The summed E-state index contributed by atoms with van der Waals surface area (Å²) in [6.07, 6.45) is 3.58. The van der Waals surface area contributed by atoms with Crippen molar-refractivity contribution < 1.29 is 4.79 Å². The second kappa shape index (κ2) is 7.05. The van der Waals surface area contributed by atoms with Gasteiger partial charge in [0, 0.05) is 6.20 Å². The second-order valence-corrected chi connectivity index (χ2v) is 6.75. The molecule has 1 atom stereocenters. The van der Waals surface area contributed by atoms with E-state index in [-0.39, 0.29) is 6.03 Å². The van der Waals surface area contributed by atoms with Crippen LogP contribution in [0.3, 0.4) is 0 Å². The van der Waals surface area contributed by atoms with Crippen molar-refractivity contribution in [3.63, 3.8) is 0 Å². The third-order valence-electron chi connectivity index (χ3n) is 5.01. The van der Waals surface area contributed by atoms with E-state index < -0.39 is 5.54 Å². The second-order valence-electron chi connectivity index (χ2n) is 6.75. The number of amides is 2. The molecule has 3 aromatic carbocycles. The molecule has 1 heterocycles. The third-order valence-corrected chi connectivity index (χ3v) is 5.01. The van der Waals surface area contributed by atoms with Gasteiger partial charge in [0.25, 0.3) is 0 Å². The topological polar surface area (TPSA) is 47.3 Å². The SMILES string of the molecule is CC1(C#N)c2ccccc2C=CN1C(=O)N(c1ccccc1)c1ccccc1. The molecule has 4 rings (SSSR count). The zero-order chi connectivity index (χ0) is 19.6. The number of fused-ring (bicyclic) bond motifs is 1. The van der Waals surface area contributed by atoms with Crippen LogP contribution < -0.4 is 4.90 Å². The Hall–Kier alpha value is -3.84. The van der Waals surface area contributed by atoms with Crippen molar-refractivity contribution in [3.05, 3.63) is 102 Å². The van der Waals surface area contributed by atoms with Gasteiger partial charge in [0.2, 0.25) is 0 Å². The van der Waals surface area contributed by atoms with Crippen LogP contribution in [-0.2, 0) is 5.54 Å². The van der Waals surface area contributed by atoms with Crippen LogP contribution in [0.5, 0.6) is 0 Å².